The van der Waals surface area contributed by atoms with Gasteiger partial charge >= 0.3 is 0 Å². The Morgan fingerprint density at radius 3 is 2.46 bits per heavy atom. The lowest BCUT2D eigenvalue weighted by Crippen LogP contribution is -2.58. The average molecular weight is 628 g/mol. The molecule has 2 aromatic heterocycles. The van der Waals surface area contributed by atoms with Gasteiger partial charge in [0.25, 0.3) is 21.2 Å². The Labute approximate surface area is 226 Å². The van der Waals surface area contributed by atoms with E-state index in [4.69, 9.17) is 20.7 Å². The number of aromatic amines is 1. The SMILES string of the molecule is [N-]=[N+]=NCC1OC(OP(=O)([O-])OP(=O)([O-])OCC2OC(n3cnc4c(=O)[nH]c(N)nc43)C(O)C2O)C(O)C(O)C1O. The lowest BCUT2D eigenvalue weighted by atomic mass is 9.99. The molecule has 4 rings (SSSR count). The van der Waals surface area contributed by atoms with Crippen molar-refractivity contribution in [3.63, 3.8) is 0 Å². The maximum atomic E-state index is 12.2. The summed E-state index contributed by atoms with van der Waals surface area (Å²) in [6.45, 7) is -1.72. The van der Waals surface area contributed by atoms with Crippen LogP contribution in [0.5, 0.6) is 0 Å². The van der Waals surface area contributed by atoms with Crippen molar-refractivity contribution >= 4 is 32.8 Å². The Bertz CT molecular complexity index is 1470. The van der Waals surface area contributed by atoms with Gasteiger partial charge in [-0.3, -0.25) is 28.0 Å². The molecule has 23 nitrogen and oxygen atoms in total. The van der Waals surface area contributed by atoms with Crippen molar-refractivity contribution < 1.29 is 67.3 Å². The number of fused-ring (bicyclic) bond motifs is 1. The molecule has 0 aromatic carbocycles. The smallest absolute Gasteiger partial charge is 0.280 e. The number of aliphatic hydroxyl groups is 5. The summed E-state index contributed by atoms with van der Waals surface area (Å²) < 4.78 is 48.5. The third-order valence-electron chi connectivity index (χ3n) is 5.89. The number of anilines is 1. The summed E-state index contributed by atoms with van der Waals surface area (Å²) in [6.07, 6.45) is -15.5. The number of nitrogens with zero attached hydrogens (tertiary/aromatic N) is 6. The van der Waals surface area contributed by atoms with Crippen molar-refractivity contribution in [2.45, 2.75) is 55.2 Å². The molecule has 2 aromatic rings. The fraction of sp³-hybridized carbons (Fsp3) is 0.688. The Morgan fingerprint density at radius 1 is 1.10 bits per heavy atom. The van der Waals surface area contributed by atoms with Gasteiger partial charge in [-0.25, -0.2) is 9.29 Å². The lowest BCUT2D eigenvalue weighted by molar-refractivity contribution is -0.300. The number of aliphatic hydroxyl groups excluding tert-OH is 5. The van der Waals surface area contributed by atoms with Crippen LogP contribution in [0.1, 0.15) is 6.23 Å². The molecule has 0 aliphatic carbocycles. The summed E-state index contributed by atoms with van der Waals surface area (Å²) in [4.78, 5) is 48.7. The van der Waals surface area contributed by atoms with E-state index in [2.05, 4.69) is 38.3 Å². The fourth-order valence-electron chi connectivity index (χ4n) is 3.95. The number of nitrogen functional groups attached to an aromatic ring is 1. The van der Waals surface area contributed by atoms with E-state index >= 15 is 0 Å². The Hall–Kier alpha value is -2.56. The maximum Gasteiger partial charge on any atom is 0.280 e. The highest BCUT2D eigenvalue weighted by atomic mass is 31.3. The van der Waals surface area contributed by atoms with Gasteiger partial charge in [0, 0.05) is 4.91 Å². The van der Waals surface area contributed by atoms with Crippen molar-refractivity contribution in [2.75, 3.05) is 18.9 Å². The number of nitrogens with two attached hydrogens (primary N) is 1. The third kappa shape index (κ3) is 6.75. The number of nitrogens with one attached hydrogen (secondary N) is 1. The summed E-state index contributed by atoms with van der Waals surface area (Å²) in [5.74, 6) is -0.297. The molecule has 2 fully saturated rings. The van der Waals surface area contributed by atoms with Crippen LogP contribution in [0.15, 0.2) is 16.2 Å². The molecule has 2 aliphatic heterocycles. The number of hydrogen-bond donors (Lipinski definition) is 7. The van der Waals surface area contributed by atoms with Gasteiger partial charge in [-0.2, -0.15) is 4.98 Å². The molecule has 0 amide bonds. The molecule has 0 bridgehead atoms. The molecule has 11 atom stereocenters. The normalized spacial score (nSPS) is 35.0. The average Bonchev–Trinajstić information content (AvgIpc) is 3.42. The lowest BCUT2D eigenvalue weighted by Gasteiger charge is -2.42. The van der Waals surface area contributed by atoms with Crippen LogP contribution >= 0.6 is 15.6 Å². The first-order valence-electron chi connectivity index (χ1n) is 11.2. The number of phosphoric acid groups is 2. The quantitative estimate of drug-likeness (QED) is 0.0563. The van der Waals surface area contributed by atoms with Gasteiger partial charge in [0.05, 0.1) is 25.6 Å². The molecule has 0 radical (unpaired) electrons. The number of H-pyrrole nitrogens is 1. The summed E-state index contributed by atoms with van der Waals surface area (Å²) in [5.41, 5.74) is 12.9. The highest BCUT2D eigenvalue weighted by Crippen LogP contribution is 2.57. The van der Waals surface area contributed by atoms with Crippen LogP contribution in [0.25, 0.3) is 21.6 Å². The zero-order chi connectivity index (χ0) is 30.3. The van der Waals surface area contributed by atoms with E-state index in [1.807, 2.05) is 0 Å². The van der Waals surface area contributed by atoms with Gasteiger partial charge in [-0.05, 0) is 5.53 Å². The predicted molar refractivity (Wildman–Crippen MR) is 123 cm³/mol. The van der Waals surface area contributed by atoms with Crippen LogP contribution in [-0.4, -0.2) is 107 Å². The molecular formula is C16H22N8O15P2-2. The van der Waals surface area contributed by atoms with Crippen molar-refractivity contribution in [3.05, 3.63) is 27.1 Å². The summed E-state index contributed by atoms with van der Waals surface area (Å²) >= 11 is 0. The van der Waals surface area contributed by atoms with Crippen LogP contribution in [0.4, 0.5) is 5.95 Å². The third-order valence-corrected chi connectivity index (χ3v) is 8.42. The Kier molecular flexibility index (Phi) is 9.16. The van der Waals surface area contributed by atoms with E-state index in [-0.39, 0.29) is 17.1 Å². The molecule has 8 N–H and O–H groups in total. The van der Waals surface area contributed by atoms with Crippen molar-refractivity contribution in [1.82, 2.24) is 19.5 Å². The Morgan fingerprint density at radius 2 is 1.78 bits per heavy atom. The highest BCUT2D eigenvalue weighted by Gasteiger charge is 2.47. The number of hydrogen-bond acceptors (Lipinski definition) is 19. The monoisotopic (exact) mass is 628 g/mol. The van der Waals surface area contributed by atoms with Gasteiger partial charge in [-0.1, -0.05) is 5.11 Å². The summed E-state index contributed by atoms with van der Waals surface area (Å²) in [6, 6.07) is 0. The highest BCUT2D eigenvalue weighted by molar-refractivity contribution is 7.59. The van der Waals surface area contributed by atoms with Crippen LogP contribution in [0, 0.1) is 0 Å². The second-order valence-corrected chi connectivity index (χ2v) is 11.5. The van der Waals surface area contributed by atoms with E-state index in [0.717, 1.165) is 10.9 Å². The number of rotatable bonds is 10. The number of phosphoric ester groups is 2. The van der Waals surface area contributed by atoms with Crippen LogP contribution < -0.4 is 21.1 Å². The van der Waals surface area contributed by atoms with E-state index < -0.39 is 89.6 Å². The number of ether oxygens (including phenoxy) is 2. The largest absolute Gasteiger partial charge is 0.756 e. The predicted octanol–water partition coefficient (Wildman–Crippen LogP) is -4.57. The first-order chi connectivity index (χ1) is 19.1. The van der Waals surface area contributed by atoms with Crippen molar-refractivity contribution in [3.8, 4) is 0 Å². The molecule has 228 valence electrons. The molecule has 4 heterocycles. The second kappa shape index (κ2) is 12.0. The topological polar surface area (TPSA) is 366 Å². The minimum absolute atomic E-state index is 0.141. The maximum absolute atomic E-state index is 12.2. The number of azide groups is 1. The second-order valence-electron chi connectivity index (χ2n) is 8.63. The zero-order valence-corrected chi connectivity index (χ0v) is 22.0. The van der Waals surface area contributed by atoms with Gasteiger partial charge in [0.15, 0.2) is 23.7 Å². The standard InChI is InChI=1S/C16H24N8O15P2/c17-16-21-12-6(13(30)22-16)19-3-24(12)14-10(28)8(26)5(36-14)2-35-40(31,32)39-41(33,34)38-15-11(29)9(27)7(25)4(37-15)1-20-23-18/h3-5,7-11,14-15,25-29H,1-2H2,(H,31,32)(H,33,34)(H3,17,21,22,30)/p-2. The first kappa shape index (κ1) is 31.4. The van der Waals surface area contributed by atoms with Gasteiger partial charge in [0.2, 0.25) is 5.95 Å². The van der Waals surface area contributed by atoms with Crippen molar-refractivity contribution in [2.24, 2.45) is 5.11 Å². The van der Waals surface area contributed by atoms with Crippen LogP contribution in [0.2, 0.25) is 0 Å². The molecule has 2 saturated heterocycles. The Balaban J connectivity index is 1.39. The van der Waals surface area contributed by atoms with E-state index in [1.165, 1.54) is 0 Å². The van der Waals surface area contributed by atoms with E-state index in [1.54, 1.807) is 0 Å². The minimum atomic E-state index is -5.95. The van der Waals surface area contributed by atoms with Gasteiger partial charge < -0.3 is 55.1 Å². The van der Waals surface area contributed by atoms with E-state index in [9.17, 15) is 49.2 Å². The number of imidazole rings is 1. The first-order valence-corrected chi connectivity index (χ1v) is 14.2. The van der Waals surface area contributed by atoms with Crippen LogP contribution in [0.3, 0.4) is 0 Å². The molecule has 2 aliphatic rings. The zero-order valence-electron chi connectivity index (χ0n) is 20.2. The molecule has 0 saturated carbocycles. The van der Waals surface area contributed by atoms with Gasteiger partial charge in [-0.15, -0.1) is 0 Å². The summed E-state index contributed by atoms with van der Waals surface area (Å²) in [7, 11) is -11.8. The van der Waals surface area contributed by atoms with E-state index in [0.29, 0.717) is 0 Å². The molecule has 11 unspecified atom stereocenters. The fourth-order valence-corrected chi connectivity index (χ4v) is 6.04. The van der Waals surface area contributed by atoms with Gasteiger partial charge in [0.1, 0.15) is 36.6 Å². The van der Waals surface area contributed by atoms with Crippen LogP contribution in [-0.2, 0) is 32.0 Å². The molecule has 41 heavy (non-hydrogen) atoms. The van der Waals surface area contributed by atoms with Crippen molar-refractivity contribution in [1.29, 1.82) is 0 Å². The number of aromatic nitrogens is 4. The molecule has 0 spiro atoms. The minimum Gasteiger partial charge on any atom is -0.756 e. The molecular weight excluding hydrogens is 606 g/mol. The summed E-state index contributed by atoms with van der Waals surface area (Å²) in [5, 5.41) is 53.5. The molecule has 25 heteroatoms.